The standard InChI is InChI=1S/C27H25N7O13S4.CH4.3Na/c28-24-21(33-32-20-9-1-2-10-22(20)50(39,40)41)15-23(51(42,43)44)25(29)26(24)34-31-18-7-3-5-16(13-18)27(35)30-17-6-4-8-19(14-17)49(37,38)12-11-45-48-47-46-36;;;;/h1-10,13-15,36H,11-12,28-29H2,(H,30,35)(H,39,40,41)(H,42,43,44);1H4;;;/q;;3*+1/p-3. The van der Waals surface area contributed by atoms with Crippen LogP contribution < -0.4 is 111 Å². The molecule has 20 nitrogen and oxygen atoms in total. The van der Waals surface area contributed by atoms with E-state index in [4.69, 9.17) is 15.7 Å². The van der Waals surface area contributed by atoms with Crippen molar-refractivity contribution in [2.24, 2.45) is 20.5 Å². The molecule has 0 saturated heterocycles. The SMILES string of the molecule is C.Nc1c(N=Nc2ccccc2S(=O)(=O)[O-])cc(S(=O)(=O)[O-])c(N)c1N=Nc1cccc(C(=O)Nc2cccc(S(=O)(=O)CCOSOO[O-])c2)c1.[Na+].[Na+].[Na+]. The summed E-state index contributed by atoms with van der Waals surface area (Å²) in [7, 11) is -14.1. The second kappa shape index (κ2) is 23.5. The van der Waals surface area contributed by atoms with Gasteiger partial charge in [0, 0.05) is 11.3 Å². The fourth-order valence-corrected chi connectivity index (χ4v) is 6.72. The maximum Gasteiger partial charge on any atom is 1.00 e. The molecule has 0 unspecified atom stereocenters. The number of anilines is 3. The molecule has 1 amide bonds. The maximum absolute atomic E-state index is 13.0. The molecule has 0 aliphatic carbocycles. The summed E-state index contributed by atoms with van der Waals surface area (Å²) < 4.78 is 105. The van der Waals surface area contributed by atoms with Crippen molar-refractivity contribution in [1.29, 1.82) is 0 Å². The number of azo groups is 2. The van der Waals surface area contributed by atoms with Crippen LogP contribution in [-0.4, -0.2) is 52.6 Å². The minimum Gasteiger partial charge on any atom is -0.744 e. The fourth-order valence-electron chi connectivity index (χ4n) is 4.03. The first-order valence-electron chi connectivity index (χ1n) is 13.6. The first kappa shape index (κ1) is 53.1. The molecule has 0 radical (unpaired) electrons. The van der Waals surface area contributed by atoms with Crippen molar-refractivity contribution in [1.82, 2.24) is 0 Å². The first-order valence-corrected chi connectivity index (χ1v) is 18.7. The zero-order valence-corrected chi connectivity index (χ0v) is 37.6. The molecular weight excluding hydrogens is 840 g/mol. The minimum atomic E-state index is -5.26. The third-order valence-corrected chi connectivity index (χ3v) is 10.2. The van der Waals surface area contributed by atoms with Gasteiger partial charge in [0.2, 0.25) is 0 Å². The van der Waals surface area contributed by atoms with E-state index in [1.165, 1.54) is 60.7 Å². The van der Waals surface area contributed by atoms with Gasteiger partial charge in [0.15, 0.2) is 22.2 Å². The third-order valence-electron chi connectivity index (χ3n) is 6.35. The summed E-state index contributed by atoms with van der Waals surface area (Å²) >= 11 is 0.154. The van der Waals surface area contributed by atoms with Crippen LogP contribution >= 0.6 is 12.3 Å². The molecular formula is C28H26N7Na3O13S4. The third kappa shape index (κ3) is 15.1. The van der Waals surface area contributed by atoms with Gasteiger partial charge in [0.1, 0.15) is 37.3 Å². The molecule has 0 spiro atoms. The van der Waals surface area contributed by atoms with Crippen LogP contribution in [0.25, 0.3) is 0 Å². The Morgan fingerprint density at radius 2 is 1.38 bits per heavy atom. The van der Waals surface area contributed by atoms with Crippen molar-refractivity contribution in [2.45, 2.75) is 22.1 Å². The molecule has 0 aliphatic rings. The molecule has 0 aliphatic heterocycles. The summed E-state index contributed by atoms with van der Waals surface area (Å²) in [4.78, 5) is 11.1. The van der Waals surface area contributed by atoms with Gasteiger partial charge in [-0.1, -0.05) is 31.7 Å². The topological polar surface area (TPSA) is 330 Å². The second-order valence-corrected chi connectivity index (χ2v) is 15.0. The number of nitrogen functional groups attached to an aromatic ring is 2. The van der Waals surface area contributed by atoms with Gasteiger partial charge < -0.3 is 31.1 Å². The van der Waals surface area contributed by atoms with Crippen molar-refractivity contribution in [3.05, 3.63) is 84.4 Å². The zero-order valence-electron chi connectivity index (χ0n) is 28.3. The normalized spacial score (nSPS) is 11.5. The molecule has 0 saturated carbocycles. The van der Waals surface area contributed by atoms with E-state index in [0.717, 1.165) is 12.1 Å². The Morgan fingerprint density at radius 1 is 0.745 bits per heavy atom. The Kier molecular flexibility index (Phi) is 22.7. The smallest absolute Gasteiger partial charge is 0.744 e. The number of hydrogen-bond donors (Lipinski definition) is 3. The van der Waals surface area contributed by atoms with E-state index >= 15 is 0 Å². The fraction of sp³-hybridized carbons (Fsp3) is 0.107. The molecule has 0 bridgehead atoms. The molecule has 0 aromatic heterocycles. The quantitative estimate of drug-likeness (QED) is 0.0147. The summed E-state index contributed by atoms with van der Waals surface area (Å²) in [5.41, 5.74) is 9.57. The number of amides is 1. The Labute approximate surface area is 386 Å². The van der Waals surface area contributed by atoms with Crippen molar-refractivity contribution >= 4 is 88.1 Å². The van der Waals surface area contributed by atoms with Crippen LogP contribution in [-0.2, 0) is 43.6 Å². The molecule has 55 heavy (non-hydrogen) atoms. The van der Waals surface area contributed by atoms with Crippen molar-refractivity contribution in [3.63, 3.8) is 0 Å². The van der Waals surface area contributed by atoms with Crippen molar-refractivity contribution in [3.8, 4) is 0 Å². The number of nitrogens with two attached hydrogens (primary N) is 2. The van der Waals surface area contributed by atoms with Gasteiger partial charge >= 0.3 is 88.7 Å². The van der Waals surface area contributed by atoms with Gasteiger partial charge in [-0.2, -0.15) is 5.11 Å². The summed E-state index contributed by atoms with van der Waals surface area (Å²) in [6.07, 6.45) is 0. The van der Waals surface area contributed by atoms with Gasteiger partial charge in [-0.05, 0) is 54.6 Å². The number of carbonyl (C=O) groups is 1. The van der Waals surface area contributed by atoms with Gasteiger partial charge in [-0.25, -0.2) is 25.3 Å². The van der Waals surface area contributed by atoms with Gasteiger partial charge in [-0.15, -0.1) is 19.7 Å². The number of nitrogens with one attached hydrogen (secondary N) is 1. The van der Waals surface area contributed by atoms with E-state index in [1.54, 1.807) is 0 Å². The number of carbonyl (C=O) groups excluding carboxylic acids is 1. The number of rotatable bonds is 15. The van der Waals surface area contributed by atoms with Crippen molar-refractivity contribution < 1.29 is 147 Å². The molecule has 4 aromatic rings. The Bertz CT molecular complexity index is 2360. The Morgan fingerprint density at radius 3 is 2.04 bits per heavy atom. The summed E-state index contributed by atoms with van der Waals surface area (Å²) in [6.45, 7) is -0.350. The van der Waals surface area contributed by atoms with E-state index in [2.05, 4.69) is 35.1 Å². The molecule has 5 N–H and O–H groups in total. The molecule has 4 rings (SSSR count). The number of sulfone groups is 1. The van der Waals surface area contributed by atoms with Crippen LogP contribution in [0.2, 0.25) is 0 Å². The minimum absolute atomic E-state index is 0. The van der Waals surface area contributed by atoms with E-state index in [0.29, 0.717) is 6.07 Å². The number of benzene rings is 4. The predicted octanol–water partition coefficient (Wildman–Crippen LogP) is -5.03. The largest absolute Gasteiger partial charge is 1.00 e. The summed E-state index contributed by atoms with van der Waals surface area (Å²) in [5, 5.41) is 30.6. The number of hydrogen-bond acceptors (Lipinski definition) is 20. The first-order chi connectivity index (χ1) is 24.0. The average Bonchev–Trinajstić information content (AvgIpc) is 3.07. The molecule has 4 aromatic carbocycles. The zero-order chi connectivity index (χ0) is 37.4. The van der Waals surface area contributed by atoms with Gasteiger partial charge in [0.05, 0.1) is 44.1 Å². The van der Waals surface area contributed by atoms with E-state index in [1.807, 2.05) is 0 Å². The van der Waals surface area contributed by atoms with Crippen LogP contribution in [0.15, 0.2) is 114 Å². The molecule has 27 heteroatoms. The van der Waals surface area contributed by atoms with Crippen molar-refractivity contribution in [2.75, 3.05) is 29.1 Å². The predicted molar refractivity (Wildman–Crippen MR) is 181 cm³/mol. The summed E-state index contributed by atoms with van der Waals surface area (Å²) in [6, 6.07) is 16.2. The van der Waals surface area contributed by atoms with Gasteiger partial charge in [0.25, 0.3) is 5.91 Å². The monoisotopic (exact) mass is 865 g/mol. The van der Waals surface area contributed by atoms with Crippen LogP contribution in [0.4, 0.5) is 39.8 Å². The summed E-state index contributed by atoms with van der Waals surface area (Å²) in [5.74, 6) is -1.19. The number of nitrogens with zero attached hydrogens (tertiary/aromatic N) is 4. The Hall–Kier alpha value is -1.89. The second-order valence-electron chi connectivity index (χ2n) is 9.72. The Balaban J connectivity index is 0.00000729. The molecule has 0 fully saturated rings. The molecule has 278 valence electrons. The van der Waals surface area contributed by atoms with Crippen LogP contribution in [0.3, 0.4) is 0 Å². The van der Waals surface area contributed by atoms with E-state index in [9.17, 15) is 44.4 Å². The van der Waals surface area contributed by atoms with Crippen LogP contribution in [0, 0.1) is 0 Å². The molecule has 0 atom stereocenters. The average molecular weight is 866 g/mol. The van der Waals surface area contributed by atoms with E-state index < -0.39 is 80.0 Å². The van der Waals surface area contributed by atoms with Crippen LogP contribution in [0.1, 0.15) is 17.8 Å². The van der Waals surface area contributed by atoms with E-state index in [-0.39, 0.29) is 137 Å². The van der Waals surface area contributed by atoms with Crippen LogP contribution in [0.5, 0.6) is 0 Å². The molecule has 0 heterocycles. The van der Waals surface area contributed by atoms with Gasteiger partial charge in [-0.3, -0.25) is 14.0 Å². The maximum atomic E-state index is 13.0.